The fraction of sp³-hybridized carbons (Fsp3) is 0.671. The summed E-state index contributed by atoms with van der Waals surface area (Å²) in [7, 11) is 0. The van der Waals surface area contributed by atoms with Crippen LogP contribution in [0.15, 0.2) is 122 Å². The fourth-order valence-corrected chi connectivity index (χ4v) is 8.49. The van der Waals surface area contributed by atoms with E-state index in [9.17, 15) is 14.4 Å². The molecule has 0 saturated heterocycles. The molecule has 0 rings (SSSR count). The van der Waals surface area contributed by atoms with Gasteiger partial charge in [-0.2, -0.15) is 0 Å². The van der Waals surface area contributed by atoms with Crippen LogP contribution in [0.5, 0.6) is 0 Å². The molecular formula is C70H116O6. The van der Waals surface area contributed by atoms with Gasteiger partial charge < -0.3 is 14.2 Å². The molecule has 1 unspecified atom stereocenters. The highest BCUT2D eigenvalue weighted by molar-refractivity contribution is 5.71. The Hall–Kier alpha value is -4.19. The zero-order valence-electron chi connectivity index (χ0n) is 49.5. The van der Waals surface area contributed by atoms with Gasteiger partial charge in [-0.25, -0.2) is 0 Å². The van der Waals surface area contributed by atoms with E-state index in [0.717, 1.165) is 135 Å². The summed E-state index contributed by atoms with van der Waals surface area (Å²) < 4.78 is 16.8. The second kappa shape index (κ2) is 63.3. The molecule has 0 amide bonds. The quantitative estimate of drug-likeness (QED) is 0.0261. The Kier molecular flexibility index (Phi) is 59.9. The average molecular weight is 1050 g/mol. The molecule has 0 fully saturated rings. The highest BCUT2D eigenvalue weighted by atomic mass is 16.6. The van der Waals surface area contributed by atoms with E-state index in [1.807, 2.05) is 0 Å². The van der Waals surface area contributed by atoms with Gasteiger partial charge in [0.25, 0.3) is 0 Å². The molecule has 1 atom stereocenters. The highest BCUT2D eigenvalue weighted by Gasteiger charge is 2.19. The Labute approximate surface area is 469 Å². The molecule has 0 aromatic carbocycles. The first-order valence-corrected chi connectivity index (χ1v) is 31.5. The van der Waals surface area contributed by atoms with Gasteiger partial charge in [0.05, 0.1) is 0 Å². The number of hydrogen-bond donors (Lipinski definition) is 0. The lowest BCUT2D eigenvalue weighted by Gasteiger charge is -2.18. The van der Waals surface area contributed by atoms with Crippen molar-refractivity contribution in [3.63, 3.8) is 0 Å². The van der Waals surface area contributed by atoms with Crippen molar-refractivity contribution in [2.75, 3.05) is 13.2 Å². The van der Waals surface area contributed by atoms with Crippen molar-refractivity contribution >= 4 is 17.9 Å². The molecule has 432 valence electrons. The number of carbonyl (C=O) groups is 3. The first-order valence-electron chi connectivity index (χ1n) is 31.5. The predicted molar refractivity (Wildman–Crippen MR) is 330 cm³/mol. The van der Waals surface area contributed by atoms with Crippen LogP contribution in [0.3, 0.4) is 0 Å². The van der Waals surface area contributed by atoms with Crippen molar-refractivity contribution < 1.29 is 28.6 Å². The van der Waals surface area contributed by atoms with Crippen LogP contribution < -0.4 is 0 Å². The zero-order valence-corrected chi connectivity index (χ0v) is 49.5. The average Bonchev–Trinajstić information content (AvgIpc) is 3.42. The summed E-state index contributed by atoms with van der Waals surface area (Å²) in [6.45, 7) is 6.49. The van der Waals surface area contributed by atoms with E-state index in [4.69, 9.17) is 14.2 Å². The summed E-state index contributed by atoms with van der Waals surface area (Å²) >= 11 is 0. The Morgan fingerprint density at radius 3 is 0.829 bits per heavy atom. The summed E-state index contributed by atoms with van der Waals surface area (Å²) in [6, 6.07) is 0. The molecular weight excluding hydrogens is 937 g/mol. The first-order chi connectivity index (χ1) is 37.5. The Balaban J connectivity index is 4.35. The summed E-state index contributed by atoms with van der Waals surface area (Å²) in [5, 5.41) is 0. The Bertz CT molecular complexity index is 1590. The zero-order chi connectivity index (χ0) is 55.0. The van der Waals surface area contributed by atoms with Crippen molar-refractivity contribution in [1.29, 1.82) is 0 Å². The third-order valence-electron chi connectivity index (χ3n) is 13.2. The molecule has 0 heterocycles. The molecule has 0 radical (unpaired) electrons. The lowest BCUT2D eigenvalue weighted by molar-refractivity contribution is -0.167. The minimum absolute atomic E-state index is 0.0916. The molecule has 0 bridgehead atoms. The molecule has 0 aliphatic heterocycles. The number of ether oxygens (including phenoxy) is 3. The maximum absolute atomic E-state index is 12.9. The number of hydrogen-bond acceptors (Lipinski definition) is 6. The molecule has 0 aromatic heterocycles. The van der Waals surface area contributed by atoms with Gasteiger partial charge in [-0.1, -0.05) is 271 Å². The third-order valence-corrected chi connectivity index (χ3v) is 13.2. The topological polar surface area (TPSA) is 78.9 Å². The van der Waals surface area contributed by atoms with Gasteiger partial charge in [-0.3, -0.25) is 14.4 Å². The molecule has 0 aromatic rings. The van der Waals surface area contributed by atoms with Crippen LogP contribution >= 0.6 is 0 Å². The standard InChI is InChI=1S/C70H116O6/c1-4-7-10-13-16-19-22-24-26-28-29-30-31-32-33-34-35-36-37-38-39-40-41-42-44-45-48-51-54-57-60-63-69(72)75-66-67(65-74-68(71)62-59-56-53-50-47-21-18-15-12-9-6-3)76-70(73)64-61-58-55-52-49-46-43-27-25-23-20-17-14-11-8-5-2/h7,10,16,19,24,26-27,29-30,32-33,35-36,38-39,41-43,45,48,67H,4-6,8-9,11-15,17-18,20-23,25,28,31,34,37,40,44,46-47,49-66H2,1-3H3/b10-7-,19-16-,26-24-,30-29-,33-32-,36-35-,39-38-,42-41-,43-27-,48-45-. The van der Waals surface area contributed by atoms with Crippen molar-refractivity contribution in [1.82, 2.24) is 0 Å². The number of carbonyl (C=O) groups excluding carboxylic acids is 3. The van der Waals surface area contributed by atoms with Crippen molar-refractivity contribution in [3.8, 4) is 0 Å². The molecule has 6 nitrogen and oxygen atoms in total. The summed E-state index contributed by atoms with van der Waals surface area (Å²) in [5.74, 6) is -0.932. The van der Waals surface area contributed by atoms with Gasteiger partial charge >= 0.3 is 17.9 Å². The normalized spacial score (nSPS) is 12.9. The van der Waals surface area contributed by atoms with Crippen molar-refractivity contribution in [2.45, 2.75) is 290 Å². The van der Waals surface area contributed by atoms with Gasteiger partial charge in [0, 0.05) is 19.3 Å². The number of esters is 3. The van der Waals surface area contributed by atoms with E-state index in [1.54, 1.807) is 0 Å². The van der Waals surface area contributed by atoms with Crippen LogP contribution in [0, 0.1) is 0 Å². The summed E-state index contributed by atoms with van der Waals surface area (Å²) in [4.78, 5) is 38.2. The second-order valence-electron chi connectivity index (χ2n) is 20.6. The number of unbranched alkanes of at least 4 members (excludes halogenated alkanes) is 25. The minimum Gasteiger partial charge on any atom is -0.462 e. The van der Waals surface area contributed by atoms with E-state index in [1.165, 1.54) is 109 Å². The molecule has 76 heavy (non-hydrogen) atoms. The minimum atomic E-state index is -0.797. The third kappa shape index (κ3) is 60.7. The van der Waals surface area contributed by atoms with Crippen LogP contribution in [0.25, 0.3) is 0 Å². The van der Waals surface area contributed by atoms with Gasteiger partial charge in [0.2, 0.25) is 0 Å². The van der Waals surface area contributed by atoms with Gasteiger partial charge in [-0.15, -0.1) is 0 Å². The molecule has 6 heteroatoms. The molecule has 0 spiro atoms. The fourth-order valence-electron chi connectivity index (χ4n) is 8.49. The van der Waals surface area contributed by atoms with E-state index in [-0.39, 0.29) is 31.1 Å². The molecule has 0 saturated carbocycles. The van der Waals surface area contributed by atoms with Crippen LogP contribution in [0.1, 0.15) is 284 Å². The summed E-state index contributed by atoms with van der Waals surface area (Å²) in [6.07, 6.45) is 87.8. The maximum atomic E-state index is 12.9. The lowest BCUT2D eigenvalue weighted by Crippen LogP contribution is -2.30. The highest BCUT2D eigenvalue weighted by Crippen LogP contribution is 2.15. The van der Waals surface area contributed by atoms with Gasteiger partial charge in [-0.05, 0) is 116 Å². The number of rotatable bonds is 56. The van der Waals surface area contributed by atoms with Crippen molar-refractivity contribution in [3.05, 3.63) is 122 Å². The monoisotopic (exact) mass is 1050 g/mol. The molecule has 0 aliphatic rings. The van der Waals surface area contributed by atoms with Crippen LogP contribution in [-0.4, -0.2) is 37.2 Å². The summed E-state index contributed by atoms with van der Waals surface area (Å²) in [5.41, 5.74) is 0. The first kappa shape index (κ1) is 71.8. The van der Waals surface area contributed by atoms with Crippen LogP contribution in [-0.2, 0) is 28.6 Å². The van der Waals surface area contributed by atoms with Crippen LogP contribution in [0.2, 0.25) is 0 Å². The van der Waals surface area contributed by atoms with E-state index >= 15 is 0 Å². The van der Waals surface area contributed by atoms with Gasteiger partial charge in [0.1, 0.15) is 13.2 Å². The van der Waals surface area contributed by atoms with E-state index in [0.29, 0.717) is 19.3 Å². The Morgan fingerprint density at radius 1 is 0.276 bits per heavy atom. The van der Waals surface area contributed by atoms with Gasteiger partial charge in [0.15, 0.2) is 6.10 Å². The largest absolute Gasteiger partial charge is 0.462 e. The maximum Gasteiger partial charge on any atom is 0.306 e. The number of allylic oxidation sites excluding steroid dienone is 20. The molecule has 0 N–H and O–H groups in total. The van der Waals surface area contributed by atoms with Crippen LogP contribution in [0.4, 0.5) is 0 Å². The second-order valence-corrected chi connectivity index (χ2v) is 20.6. The van der Waals surface area contributed by atoms with Crippen molar-refractivity contribution in [2.24, 2.45) is 0 Å². The lowest BCUT2D eigenvalue weighted by atomic mass is 10.1. The van der Waals surface area contributed by atoms with E-state index in [2.05, 4.69) is 142 Å². The Morgan fingerprint density at radius 2 is 0.513 bits per heavy atom. The SMILES string of the molecule is CC/C=C\C/C=C\C/C=C\C/C=C\C/C=C\C/C=C\C/C=C\C/C=C\C/C=C\CCCCCC(=O)OCC(COC(=O)CCCCCCCCCCCCC)OC(=O)CCCCCCC/C=C\CCCCCCCCC. The predicted octanol–water partition coefficient (Wildman–Crippen LogP) is 21.6. The van der Waals surface area contributed by atoms with E-state index < -0.39 is 6.10 Å². The smallest absolute Gasteiger partial charge is 0.306 e. The molecule has 0 aliphatic carbocycles.